The molecule has 18 heavy (non-hydrogen) atoms. The van der Waals surface area contributed by atoms with Gasteiger partial charge in [-0.3, -0.25) is 9.63 Å². The van der Waals surface area contributed by atoms with Gasteiger partial charge in [-0.15, -0.1) is 0 Å². The van der Waals surface area contributed by atoms with Crippen molar-refractivity contribution in [1.29, 1.82) is 0 Å². The van der Waals surface area contributed by atoms with E-state index in [1.54, 1.807) is 13.2 Å². The van der Waals surface area contributed by atoms with Crippen LogP contribution in [0.3, 0.4) is 0 Å². The van der Waals surface area contributed by atoms with Crippen LogP contribution in [0.4, 0.5) is 0 Å². The number of benzene rings is 1. The van der Waals surface area contributed by atoms with Crippen LogP contribution in [0.1, 0.15) is 10.5 Å². The van der Waals surface area contributed by atoms with Gasteiger partial charge in [0.1, 0.15) is 5.75 Å². The minimum Gasteiger partial charge on any atom is -0.497 e. The Morgan fingerprint density at radius 2 is 2.17 bits per heavy atom. The lowest BCUT2D eigenvalue weighted by Gasteiger charge is -2.00. The molecule has 2 aromatic rings. The van der Waals surface area contributed by atoms with E-state index in [1.807, 2.05) is 18.2 Å². The quantitative estimate of drug-likeness (QED) is 0.832. The number of aromatic nitrogens is 1. The number of ether oxygens (including phenoxy) is 1. The molecule has 6 heteroatoms. The van der Waals surface area contributed by atoms with Gasteiger partial charge < -0.3 is 9.26 Å². The molecule has 0 fully saturated rings. The van der Waals surface area contributed by atoms with Crippen molar-refractivity contribution in [3.05, 3.63) is 36.0 Å². The summed E-state index contributed by atoms with van der Waals surface area (Å²) in [6.45, 7) is 0. The van der Waals surface area contributed by atoms with E-state index >= 15 is 0 Å². The Labute approximate surface area is 103 Å². The zero-order valence-electron chi connectivity index (χ0n) is 9.97. The third-order valence-electron chi connectivity index (χ3n) is 2.29. The molecule has 0 aliphatic carbocycles. The molecule has 0 bridgehead atoms. The van der Waals surface area contributed by atoms with Crippen LogP contribution >= 0.6 is 0 Å². The number of hydroxylamine groups is 1. The minimum absolute atomic E-state index is 0.148. The van der Waals surface area contributed by atoms with Crippen LogP contribution in [0.5, 0.6) is 5.75 Å². The smallest absolute Gasteiger partial charge is 0.297 e. The summed E-state index contributed by atoms with van der Waals surface area (Å²) in [5, 5.41) is 3.66. The van der Waals surface area contributed by atoms with E-state index in [2.05, 4.69) is 15.5 Å². The van der Waals surface area contributed by atoms with Crippen molar-refractivity contribution in [2.45, 2.75) is 0 Å². The summed E-state index contributed by atoms with van der Waals surface area (Å²) in [4.78, 5) is 15.9. The van der Waals surface area contributed by atoms with Crippen molar-refractivity contribution in [2.24, 2.45) is 0 Å². The number of carbonyl (C=O) groups is 1. The Balaban J connectivity index is 2.26. The number of methoxy groups -OCH3 is 1. The molecular formula is C12H12N2O4. The van der Waals surface area contributed by atoms with Crippen LogP contribution in [0.25, 0.3) is 11.3 Å². The Hall–Kier alpha value is -2.34. The van der Waals surface area contributed by atoms with Gasteiger partial charge in [-0.25, -0.2) is 5.48 Å². The highest BCUT2D eigenvalue weighted by molar-refractivity contribution is 5.92. The Morgan fingerprint density at radius 1 is 1.33 bits per heavy atom. The monoisotopic (exact) mass is 248 g/mol. The van der Waals surface area contributed by atoms with E-state index in [-0.39, 0.29) is 5.69 Å². The van der Waals surface area contributed by atoms with Crippen molar-refractivity contribution < 1.29 is 18.9 Å². The molecule has 1 amide bonds. The van der Waals surface area contributed by atoms with Crippen LogP contribution in [-0.2, 0) is 4.84 Å². The first kappa shape index (κ1) is 12.1. The zero-order chi connectivity index (χ0) is 13.0. The van der Waals surface area contributed by atoms with Gasteiger partial charge in [-0.1, -0.05) is 17.3 Å². The van der Waals surface area contributed by atoms with Crippen molar-refractivity contribution in [2.75, 3.05) is 14.2 Å². The molecule has 0 saturated heterocycles. The summed E-state index contributed by atoms with van der Waals surface area (Å²) in [7, 11) is 2.93. The van der Waals surface area contributed by atoms with E-state index in [4.69, 9.17) is 9.26 Å². The predicted octanol–water partition coefficient (Wildman–Crippen LogP) is 1.64. The third-order valence-corrected chi connectivity index (χ3v) is 2.29. The van der Waals surface area contributed by atoms with Gasteiger partial charge in [0, 0.05) is 11.6 Å². The highest BCUT2D eigenvalue weighted by atomic mass is 16.6. The maximum atomic E-state index is 11.4. The number of nitrogens with zero attached hydrogens (tertiary/aromatic N) is 1. The first-order chi connectivity index (χ1) is 8.74. The molecule has 2 rings (SSSR count). The van der Waals surface area contributed by atoms with Crippen LogP contribution in [0.2, 0.25) is 0 Å². The van der Waals surface area contributed by atoms with Gasteiger partial charge in [0.25, 0.3) is 5.91 Å². The molecule has 0 saturated carbocycles. The fourth-order valence-corrected chi connectivity index (χ4v) is 1.44. The molecule has 0 unspecified atom stereocenters. The number of amides is 1. The normalized spacial score (nSPS) is 10.1. The molecule has 0 radical (unpaired) electrons. The van der Waals surface area contributed by atoms with Crippen molar-refractivity contribution in [3.8, 4) is 17.1 Å². The highest BCUT2D eigenvalue weighted by Crippen LogP contribution is 2.24. The predicted molar refractivity (Wildman–Crippen MR) is 63.0 cm³/mol. The van der Waals surface area contributed by atoms with Gasteiger partial charge >= 0.3 is 0 Å². The Bertz CT molecular complexity index is 551. The Kier molecular flexibility index (Phi) is 3.59. The highest BCUT2D eigenvalue weighted by Gasteiger charge is 2.13. The molecule has 1 aromatic carbocycles. The second kappa shape index (κ2) is 5.33. The summed E-state index contributed by atoms with van der Waals surface area (Å²) < 4.78 is 10.2. The van der Waals surface area contributed by atoms with E-state index < -0.39 is 5.91 Å². The maximum Gasteiger partial charge on any atom is 0.297 e. The molecule has 0 atom stereocenters. The molecule has 6 nitrogen and oxygen atoms in total. The molecule has 0 aliphatic heterocycles. The number of hydrogen-bond donors (Lipinski definition) is 1. The fourth-order valence-electron chi connectivity index (χ4n) is 1.44. The van der Waals surface area contributed by atoms with Crippen LogP contribution in [0, 0.1) is 0 Å². The van der Waals surface area contributed by atoms with Crippen molar-refractivity contribution in [3.63, 3.8) is 0 Å². The molecule has 0 aliphatic rings. The van der Waals surface area contributed by atoms with E-state index in [1.165, 1.54) is 13.2 Å². The van der Waals surface area contributed by atoms with Crippen molar-refractivity contribution >= 4 is 5.91 Å². The fraction of sp³-hybridized carbons (Fsp3) is 0.167. The van der Waals surface area contributed by atoms with Crippen LogP contribution in [-0.4, -0.2) is 25.3 Å². The van der Waals surface area contributed by atoms with E-state index in [0.717, 1.165) is 5.56 Å². The van der Waals surface area contributed by atoms with Gasteiger partial charge in [0.2, 0.25) is 0 Å². The molecular weight excluding hydrogens is 236 g/mol. The molecule has 1 heterocycles. The maximum absolute atomic E-state index is 11.4. The van der Waals surface area contributed by atoms with Crippen LogP contribution < -0.4 is 10.2 Å². The zero-order valence-corrected chi connectivity index (χ0v) is 9.97. The standard InChI is InChI=1S/C12H12N2O4/c1-16-9-5-3-4-8(6-9)11-7-10(13-18-11)12(15)14-17-2/h3-7H,1-2H3,(H,14,15). The number of rotatable bonds is 4. The average molecular weight is 248 g/mol. The first-order valence-corrected chi connectivity index (χ1v) is 5.19. The lowest BCUT2D eigenvalue weighted by Crippen LogP contribution is -2.21. The molecule has 1 aromatic heterocycles. The minimum atomic E-state index is -0.463. The Morgan fingerprint density at radius 3 is 2.89 bits per heavy atom. The molecule has 0 spiro atoms. The topological polar surface area (TPSA) is 73.6 Å². The molecule has 1 N–H and O–H groups in total. The first-order valence-electron chi connectivity index (χ1n) is 5.19. The van der Waals surface area contributed by atoms with E-state index in [9.17, 15) is 4.79 Å². The van der Waals surface area contributed by atoms with Gasteiger partial charge in [-0.2, -0.15) is 0 Å². The summed E-state index contributed by atoms with van der Waals surface area (Å²) in [6, 6.07) is 8.80. The third kappa shape index (κ3) is 2.49. The SMILES string of the molecule is CONC(=O)c1cc(-c2cccc(OC)c2)on1. The molecule has 94 valence electrons. The summed E-state index contributed by atoms with van der Waals surface area (Å²) in [5.41, 5.74) is 3.09. The number of hydrogen-bond acceptors (Lipinski definition) is 5. The lowest BCUT2D eigenvalue weighted by molar-refractivity contribution is 0.0528. The van der Waals surface area contributed by atoms with Crippen LogP contribution in [0.15, 0.2) is 34.9 Å². The van der Waals surface area contributed by atoms with Gasteiger partial charge in [0.05, 0.1) is 14.2 Å². The second-order valence-corrected chi connectivity index (χ2v) is 3.44. The van der Waals surface area contributed by atoms with Gasteiger partial charge in [0.15, 0.2) is 11.5 Å². The summed E-state index contributed by atoms with van der Waals surface area (Å²) in [6.07, 6.45) is 0. The largest absolute Gasteiger partial charge is 0.497 e. The summed E-state index contributed by atoms with van der Waals surface area (Å²) in [5.74, 6) is 0.720. The lowest BCUT2D eigenvalue weighted by atomic mass is 10.1. The second-order valence-electron chi connectivity index (χ2n) is 3.44. The van der Waals surface area contributed by atoms with E-state index in [0.29, 0.717) is 11.5 Å². The van der Waals surface area contributed by atoms with Gasteiger partial charge in [-0.05, 0) is 12.1 Å². The number of carbonyl (C=O) groups excluding carboxylic acids is 1. The average Bonchev–Trinajstić information content (AvgIpc) is 2.89. The number of nitrogens with one attached hydrogen (secondary N) is 1. The summed E-state index contributed by atoms with van der Waals surface area (Å²) >= 11 is 0. The van der Waals surface area contributed by atoms with Crippen molar-refractivity contribution in [1.82, 2.24) is 10.6 Å².